The smallest absolute Gasteiger partial charge is 0.320 e. The Morgan fingerprint density at radius 1 is 0.920 bits per heavy atom. The molecule has 1 N–H and O–H groups in total. The van der Waals surface area contributed by atoms with Gasteiger partial charge in [-0.25, -0.2) is 9.97 Å². The Balaban J connectivity index is 1.15. The Morgan fingerprint density at radius 2 is 1.58 bits per heavy atom. The number of hydrogen-bond donors (Lipinski definition) is 1. The Labute approximate surface area is 300 Å². The Hall–Kier alpha value is -4.29. The maximum Gasteiger partial charge on any atom is 0.320 e. The molecule has 0 radical (unpaired) electrons. The molecular weight excluding hydrogens is 679 g/mol. The molecule has 50 heavy (non-hydrogen) atoms. The fraction of sp³-hybridized carbons (Fsp3) is 0.378. The average Bonchev–Trinajstić information content (AvgIpc) is 3.49. The molecule has 0 bridgehead atoms. The van der Waals surface area contributed by atoms with Crippen LogP contribution >= 0.6 is 23.2 Å². The normalized spacial score (nSPS) is 16.9. The lowest BCUT2D eigenvalue weighted by Crippen LogP contribution is -2.66. The van der Waals surface area contributed by atoms with E-state index in [0.29, 0.717) is 77.8 Å². The molecule has 2 fully saturated rings. The summed E-state index contributed by atoms with van der Waals surface area (Å²) in [5, 5.41) is 4.08. The van der Waals surface area contributed by atoms with Gasteiger partial charge in [-0.1, -0.05) is 59.6 Å². The number of hydrogen-bond acceptors (Lipinski definition) is 10. The fourth-order valence-electron chi connectivity index (χ4n) is 7.25. The van der Waals surface area contributed by atoms with Crippen LogP contribution in [-0.2, 0) is 33.8 Å². The number of aromatic nitrogens is 3. The van der Waals surface area contributed by atoms with E-state index in [9.17, 15) is 9.59 Å². The van der Waals surface area contributed by atoms with Crippen molar-refractivity contribution in [2.75, 3.05) is 47.0 Å². The molecule has 5 heterocycles. The highest BCUT2D eigenvalue weighted by Crippen LogP contribution is 2.43. The zero-order valence-corrected chi connectivity index (χ0v) is 29.7. The van der Waals surface area contributed by atoms with Gasteiger partial charge in [0.05, 0.1) is 60.5 Å². The number of esters is 1. The van der Waals surface area contributed by atoms with Crippen LogP contribution < -0.4 is 14.8 Å². The Bertz CT molecular complexity index is 1970. The average molecular weight is 718 g/mol. The SMILES string of the molecule is CCOC(=O)CN1CCc2c(cc(-c3cccc(-c4cccc(-c5cnc(CN6CC7(CCC(=O)N7)C6)c(OC)n5)c4Cl)c3Cl)nc2OC)C1. The van der Waals surface area contributed by atoms with Gasteiger partial charge in [-0.05, 0) is 31.4 Å². The van der Waals surface area contributed by atoms with Gasteiger partial charge in [0.25, 0.3) is 0 Å². The second-order valence-corrected chi connectivity index (χ2v) is 13.7. The largest absolute Gasteiger partial charge is 0.481 e. The summed E-state index contributed by atoms with van der Waals surface area (Å²) in [6, 6.07) is 13.5. The predicted octanol–water partition coefficient (Wildman–Crippen LogP) is 5.58. The van der Waals surface area contributed by atoms with E-state index in [1.807, 2.05) is 42.5 Å². The molecule has 3 aliphatic heterocycles. The monoisotopic (exact) mass is 716 g/mol. The number of carbonyl (C=O) groups excluding carboxylic acids is 2. The topological polar surface area (TPSA) is 119 Å². The lowest BCUT2D eigenvalue weighted by atomic mass is 9.88. The number of rotatable bonds is 10. The number of likely N-dealkylation sites (tertiary alicyclic amines) is 1. The number of carbonyl (C=O) groups is 2. The van der Waals surface area contributed by atoms with Crippen LogP contribution in [0.1, 0.15) is 36.6 Å². The van der Waals surface area contributed by atoms with Crippen molar-refractivity contribution in [1.82, 2.24) is 30.1 Å². The van der Waals surface area contributed by atoms with Gasteiger partial charge < -0.3 is 19.5 Å². The molecule has 1 amide bonds. The van der Waals surface area contributed by atoms with Gasteiger partial charge in [0, 0.05) is 67.0 Å². The van der Waals surface area contributed by atoms with E-state index in [1.54, 1.807) is 27.3 Å². The molecule has 0 saturated carbocycles. The molecule has 0 aliphatic carbocycles. The van der Waals surface area contributed by atoms with Crippen molar-refractivity contribution in [3.05, 3.63) is 75.5 Å². The summed E-state index contributed by atoms with van der Waals surface area (Å²) < 4.78 is 16.6. The molecule has 0 unspecified atom stereocenters. The van der Waals surface area contributed by atoms with Crippen molar-refractivity contribution < 1.29 is 23.8 Å². The summed E-state index contributed by atoms with van der Waals surface area (Å²) in [5.41, 5.74) is 6.77. The maximum atomic E-state index is 12.2. The van der Waals surface area contributed by atoms with E-state index in [1.165, 1.54) is 0 Å². The second kappa shape index (κ2) is 14.1. The molecule has 2 aromatic carbocycles. The zero-order valence-electron chi connectivity index (χ0n) is 28.2. The van der Waals surface area contributed by atoms with Gasteiger partial charge in [-0.3, -0.25) is 24.4 Å². The summed E-state index contributed by atoms with van der Waals surface area (Å²) in [5.74, 6) is 0.848. The van der Waals surface area contributed by atoms with Crippen LogP contribution in [0.4, 0.5) is 0 Å². The van der Waals surface area contributed by atoms with Gasteiger partial charge in [-0.2, -0.15) is 0 Å². The first-order valence-corrected chi connectivity index (χ1v) is 17.4. The summed E-state index contributed by atoms with van der Waals surface area (Å²) in [7, 11) is 3.19. The standard InChI is InChI=1S/C37H38Cl2N6O5/c1-4-50-32(47)19-44-14-12-23-22(17-44)15-28(41-35(23)48-2)26-9-5-7-24(33(26)38)25-8-6-10-27(34(25)39)29-16-40-30(36(42-29)49-3)18-45-20-37(21-45)13-11-31(46)43-37/h5-10,15-16H,4,11-14,17-21H2,1-3H3,(H,43,46). The molecule has 0 atom stereocenters. The van der Waals surface area contributed by atoms with E-state index < -0.39 is 0 Å². The summed E-state index contributed by atoms with van der Waals surface area (Å²) >= 11 is 14.3. The van der Waals surface area contributed by atoms with Crippen LogP contribution in [0, 0.1) is 0 Å². The highest BCUT2D eigenvalue weighted by molar-refractivity contribution is 6.39. The lowest BCUT2D eigenvalue weighted by molar-refractivity contribution is -0.144. The number of nitrogens with zero attached hydrogens (tertiary/aromatic N) is 5. The molecule has 3 aliphatic rings. The van der Waals surface area contributed by atoms with E-state index >= 15 is 0 Å². The third-order valence-corrected chi connectivity index (χ3v) is 10.4. The number of benzene rings is 2. The molecular formula is C37H38Cl2N6O5. The molecule has 2 aromatic heterocycles. The lowest BCUT2D eigenvalue weighted by Gasteiger charge is -2.47. The molecule has 260 valence electrons. The van der Waals surface area contributed by atoms with Crippen LogP contribution in [0.2, 0.25) is 10.0 Å². The van der Waals surface area contributed by atoms with Crippen LogP contribution in [0.3, 0.4) is 0 Å². The zero-order chi connectivity index (χ0) is 35.0. The van der Waals surface area contributed by atoms with E-state index in [-0.39, 0.29) is 24.0 Å². The van der Waals surface area contributed by atoms with Gasteiger partial charge in [0.2, 0.25) is 17.7 Å². The third-order valence-electron chi connectivity index (χ3n) is 9.61. The van der Waals surface area contributed by atoms with Crippen LogP contribution in [0.25, 0.3) is 33.6 Å². The van der Waals surface area contributed by atoms with Crippen molar-refractivity contribution in [2.45, 2.75) is 44.8 Å². The van der Waals surface area contributed by atoms with E-state index in [4.69, 9.17) is 52.4 Å². The number of fused-ring (bicyclic) bond motifs is 1. The summed E-state index contributed by atoms with van der Waals surface area (Å²) in [6.07, 6.45) is 3.86. The first-order chi connectivity index (χ1) is 24.2. The molecule has 13 heteroatoms. The Morgan fingerprint density at radius 3 is 2.22 bits per heavy atom. The number of nitrogens with one attached hydrogen (secondary N) is 1. The van der Waals surface area contributed by atoms with Crippen molar-refractivity contribution in [3.63, 3.8) is 0 Å². The first kappa shape index (κ1) is 34.2. The van der Waals surface area contributed by atoms with Crippen LogP contribution in [-0.4, -0.2) is 89.2 Å². The van der Waals surface area contributed by atoms with Crippen LogP contribution in [0.15, 0.2) is 48.7 Å². The number of pyridine rings is 1. The highest BCUT2D eigenvalue weighted by Gasteiger charge is 2.47. The summed E-state index contributed by atoms with van der Waals surface area (Å²) in [4.78, 5) is 42.6. The number of amides is 1. The quantitative estimate of drug-likeness (QED) is 0.208. The van der Waals surface area contributed by atoms with E-state index in [0.717, 1.165) is 53.0 Å². The Kier molecular flexibility index (Phi) is 9.67. The number of ether oxygens (including phenoxy) is 3. The van der Waals surface area contributed by atoms with E-state index in [2.05, 4.69) is 15.1 Å². The highest BCUT2D eigenvalue weighted by atomic mass is 35.5. The molecule has 2 saturated heterocycles. The summed E-state index contributed by atoms with van der Waals surface area (Å²) in [6.45, 7) is 5.76. The van der Waals surface area contributed by atoms with Crippen molar-refractivity contribution in [3.8, 4) is 45.4 Å². The molecule has 7 rings (SSSR count). The minimum atomic E-state index is -0.242. The number of halogens is 2. The van der Waals surface area contributed by atoms with Crippen molar-refractivity contribution in [1.29, 1.82) is 0 Å². The molecule has 4 aromatic rings. The third kappa shape index (κ3) is 6.62. The predicted molar refractivity (Wildman–Crippen MR) is 190 cm³/mol. The van der Waals surface area contributed by atoms with Gasteiger partial charge in [-0.15, -0.1) is 0 Å². The van der Waals surface area contributed by atoms with Crippen molar-refractivity contribution >= 4 is 35.1 Å². The second-order valence-electron chi connectivity index (χ2n) is 12.9. The van der Waals surface area contributed by atoms with Crippen molar-refractivity contribution in [2.24, 2.45) is 0 Å². The minimum Gasteiger partial charge on any atom is -0.481 e. The molecule has 11 nitrogen and oxygen atoms in total. The minimum absolute atomic E-state index is 0.112. The fourth-order valence-corrected chi connectivity index (χ4v) is 7.90. The van der Waals surface area contributed by atoms with Gasteiger partial charge in [0.1, 0.15) is 5.69 Å². The first-order valence-electron chi connectivity index (χ1n) is 16.7. The van der Waals surface area contributed by atoms with Gasteiger partial charge >= 0.3 is 5.97 Å². The number of methoxy groups -OCH3 is 2. The van der Waals surface area contributed by atoms with Gasteiger partial charge in [0.15, 0.2) is 0 Å². The maximum absolute atomic E-state index is 12.2. The molecule has 1 spiro atoms. The van der Waals surface area contributed by atoms with Crippen LogP contribution in [0.5, 0.6) is 11.8 Å².